The first-order chi connectivity index (χ1) is 9.24. The Morgan fingerprint density at radius 1 is 1.15 bits per heavy atom. The summed E-state index contributed by atoms with van der Waals surface area (Å²) in [6, 6.07) is 2.74. The van der Waals surface area contributed by atoms with Crippen molar-refractivity contribution in [2.24, 2.45) is 0 Å². The lowest BCUT2D eigenvalue weighted by Crippen LogP contribution is -2.47. The molecule has 0 aromatic rings. The Kier molecular flexibility index (Phi) is 9.04. The van der Waals surface area contributed by atoms with Crippen molar-refractivity contribution < 1.29 is 9.47 Å². The molecule has 0 spiro atoms. The number of hydrogen-bond donors (Lipinski definition) is 1. The zero-order valence-corrected chi connectivity index (χ0v) is 14.1. The van der Waals surface area contributed by atoms with Crippen molar-refractivity contribution in [1.82, 2.24) is 5.32 Å². The lowest BCUT2D eigenvalue weighted by atomic mass is 9.91. The number of nitrogens with one attached hydrogen (secondary N) is 1. The minimum absolute atomic E-state index is 0.108. The van der Waals surface area contributed by atoms with Crippen molar-refractivity contribution in [1.29, 1.82) is 5.26 Å². The maximum atomic E-state index is 9.38. The molecule has 0 radical (unpaired) electrons. The summed E-state index contributed by atoms with van der Waals surface area (Å²) >= 11 is 0. The molecular formula is C16H32N2O2. The van der Waals surface area contributed by atoms with Crippen LogP contribution < -0.4 is 5.32 Å². The van der Waals surface area contributed by atoms with Crippen molar-refractivity contribution in [3.05, 3.63) is 0 Å². The number of ether oxygens (including phenoxy) is 2. The van der Waals surface area contributed by atoms with E-state index < -0.39 is 5.54 Å². The first-order valence-electron chi connectivity index (χ1n) is 7.65. The normalized spacial score (nSPS) is 15.1. The van der Waals surface area contributed by atoms with Gasteiger partial charge in [-0.3, -0.25) is 5.32 Å². The van der Waals surface area contributed by atoms with Gasteiger partial charge >= 0.3 is 0 Å². The monoisotopic (exact) mass is 284 g/mol. The molecule has 1 atom stereocenters. The number of rotatable bonds is 10. The fourth-order valence-corrected chi connectivity index (χ4v) is 2.06. The molecule has 0 aromatic heterocycles. The van der Waals surface area contributed by atoms with Gasteiger partial charge in [0.2, 0.25) is 0 Å². The summed E-state index contributed by atoms with van der Waals surface area (Å²) in [5.41, 5.74) is -0.526. The molecule has 1 unspecified atom stereocenters. The Balaban J connectivity index is 3.83. The van der Waals surface area contributed by atoms with Gasteiger partial charge in [-0.15, -0.1) is 0 Å². The molecule has 0 saturated heterocycles. The molecule has 1 N–H and O–H groups in total. The highest BCUT2D eigenvalue weighted by Crippen LogP contribution is 2.17. The molecule has 0 aliphatic carbocycles. The Hall–Kier alpha value is -0.630. The number of nitrogens with zero attached hydrogens (tertiary/aromatic N) is 1. The van der Waals surface area contributed by atoms with Crippen molar-refractivity contribution >= 4 is 0 Å². The zero-order chi connectivity index (χ0) is 15.6. The first kappa shape index (κ1) is 19.4. The number of nitriles is 1. The minimum Gasteiger partial charge on any atom is -0.379 e. The summed E-state index contributed by atoms with van der Waals surface area (Å²) in [6.07, 6.45) is 2.52. The lowest BCUT2D eigenvalue weighted by Gasteiger charge is -2.29. The topological polar surface area (TPSA) is 54.3 Å². The van der Waals surface area contributed by atoms with Crippen LogP contribution in [0.4, 0.5) is 0 Å². The van der Waals surface area contributed by atoms with Gasteiger partial charge in [-0.25, -0.2) is 0 Å². The molecule has 0 aromatic carbocycles. The molecule has 20 heavy (non-hydrogen) atoms. The lowest BCUT2D eigenvalue weighted by molar-refractivity contribution is -0.0354. The third-order valence-corrected chi connectivity index (χ3v) is 3.04. The molecule has 0 amide bonds. The van der Waals surface area contributed by atoms with Gasteiger partial charge in [0.05, 0.1) is 24.9 Å². The predicted octanol–water partition coefficient (Wildman–Crippen LogP) is 3.27. The average molecular weight is 284 g/mol. The second-order valence-corrected chi connectivity index (χ2v) is 6.52. The fraction of sp³-hybridized carbons (Fsp3) is 0.938. The largest absolute Gasteiger partial charge is 0.379 e. The Bertz CT molecular complexity index is 292. The van der Waals surface area contributed by atoms with E-state index in [1.807, 2.05) is 20.8 Å². The Morgan fingerprint density at radius 2 is 1.80 bits per heavy atom. The maximum Gasteiger partial charge on any atom is 0.106 e. The van der Waals surface area contributed by atoms with Gasteiger partial charge in [0.1, 0.15) is 5.54 Å². The summed E-state index contributed by atoms with van der Waals surface area (Å²) in [7, 11) is 0. The number of hydrogen-bond acceptors (Lipinski definition) is 4. The van der Waals surface area contributed by atoms with Crippen LogP contribution in [0, 0.1) is 11.3 Å². The Morgan fingerprint density at radius 3 is 2.25 bits per heavy atom. The maximum absolute atomic E-state index is 9.38. The molecule has 0 saturated carbocycles. The molecule has 4 nitrogen and oxygen atoms in total. The molecule has 0 heterocycles. The summed E-state index contributed by atoms with van der Waals surface area (Å²) in [5.74, 6) is 0. The van der Waals surface area contributed by atoms with Crippen LogP contribution in [0.2, 0.25) is 0 Å². The summed E-state index contributed by atoms with van der Waals surface area (Å²) < 4.78 is 11.1. The van der Waals surface area contributed by atoms with Crippen molar-refractivity contribution in [3.8, 4) is 6.07 Å². The fourth-order valence-electron chi connectivity index (χ4n) is 2.06. The molecule has 0 aliphatic rings. The molecule has 0 rings (SSSR count). The molecule has 0 bridgehead atoms. The van der Waals surface area contributed by atoms with Crippen LogP contribution in [-0.2, 0) is 9.47 Å². The van der Waals surface area contributed by atoms with Crippen molar-refractivity contribution in [3.63, 3.8) is 0 Å². The van der Waals surface area contributed by atoms with Gasteiger partial charge < -0.3 is 9.47 Å². The van der Waals surface area contributed by atoms with Crippen molar-refractivity contribution in [2.45, 2.75) is 78.0 Å². The van der Waals surface area contributed by atoms with Crippen LogP contribution in [0.1, 0.15) is 60.8 Å². The summed E-state index contributed by atoms with van der Waals surface area (Å²) in [6.45, 7) is 14.2. The molecule has 4 heteroatoms. The average Bonchev–Trinajstić information content (AvgIpc) is 2.34. The van der Waals surface area contributed by atoms with E-state index in [-0.39, 0.29) is 5.60 Å². The zero-order valence-electron chi connectivity index (χ0n) is 14.1. The smallest absolute Gasteiger partial charge is 0.106 e. The molecular weight excluding hydrogens is 252 g/mol. The first-order valence-corrected chi connectivity index (χ1v) is 7.65. The second-order valence-electron chi connectivity index (χ2n) is 6.52. The van der Waals surface area contributed by atoms with E-state index in [9.17, 15) is 5.26 Å². The van der Waals surface area contributed by atoms with Gasteiger partial charge in [-0.05, 0) is 53.9 Å². The van der Waals surface area contributed by atoms with Crippen LogP contribution in [0.3, 0.4) is 0 Å². The van der Waals surface area contributed by atoms with Gasteiger partial charge in [-0.2, -0.15) is 5.26 Å². The van der Waals surface area contributed by atoms with Gasteiger partial charge in [0.25, 0.3) is 0 Å². The highest BCUT2D eigenvalue weighted by atomic mass is 16.5. The van der Waals surface area contributed by atoms with Gasteiger partial charge in [0.15, 0.2) is 0 Å². The predicted molar refractivity (Wildman–Crippen MR) is 82.7 cm³/mol. The van der Waals surface area contributed by atoms with Gasteiger partial charge in [0, 0.05) is 12.6 Å². The van der Waals surface area contributed by atoms with Crippen LogP contribution in [0.5, 0.6) is 0 Å². The third-order valence-electron chi connectivity index (χ3n) is 3.04. The van der Waals surface area contributed by atoms with E-state index in [0.29, 0.717) is 25.9 Å². The van der Waals surface area contributed by atoms with Gasteiger partial charge in [-0.1, -0.05) is 6.92 Å². The van der Waals surface area contributed by atoms with E-state index in [1.54, 1.807) is 0 Å². The molecule has 118 valence electrons. The van der Waals surface area contributed by atoms with Crippen LogP contribution >= 0.6 is 0 Å². The highest BCUT2D eigenvalue weighted by molar-refractivity contribution is 5.06. The van der Waals surface area contributed by atoms with Crippen LogP contribution in [0.25, 0.3) is 0 Å². The Labute approximate surface area is 124 Å². The summed E-state index contributed by atoms with van der Waals surface area (Å²) in [4.78, 5) is 0. The molecule has 0 fully saturated rings. The van der Waals surface area contributed by atoms with E-state index in [4.69, 9.17) is 9.47 Å². The van der Waals surface area contributed by atoms with Crippen LogP contribution in [-0.4, -0.2) is 37.0 Å². The van der Waals surface area contributed by atoms with Crippen molar-refractivity contribution in [2.75, 3.05) is 19.8 Å². The van der Waals surface area contributed by atoms with E-state index in [0.717, 1.165) is 19.3 Å². The van der Waals surface area contributed by atoms with E-state index in [2.05, 4.69) is 32.2 Å². The minimum atomic E-state index is -0.417. The van der Waals surface area contributed by atoms with E-state index >= 15 is 0 Å². The van der Waals surface area contributed by atoms with Crippen LogP contribution in [0.15, 0.2) is 0 Å². The summed E-state index contributed by atoms with van der Waals surface area (Å²) in [5, 5.41) is 12.8. The highest BCUT2D eigenvalue weighted by Gasteiger charge is 2.27. The third kappa shape index (κ3) is 9.30. The molecule has 0 aliphatic heterocycles. The standard InChI is InChI=1S/C16H32N2O2/c1-7-16(13-17,18-14(2)3)9-8-10-19-11-12-20-15(4,5)6/h14,18H,7-12H2,1-6H3. The second kappa shape index (κ2) is 9.33. The quantitative estimate of drug-likeness (QED) is 0.626. The van der Waals surface area contributed by atoms with E-state index in [1.165, 1.54) is 0 Å². The SMILES string of the molecule is CCC(C#N)(CCCOCCOC(C)(C)C)NC(C)C.